The van der Waals surface area contributed by atoms with E-state index in [9.17, 15) is 9.18 Å². The lowest BCUT2D eigenvalue weighted by molar-refractivity contribution is -0.113. The standard InChI is InChI=1S/C19H18ClFN4O2S/c1-12-3-6-14(7-4-12)27-10-17-23-24-19(25(17)2)28-11-18(26)22-13-5-8-16(21)15(20)9-13/h3-9H,10-11H2,1-2H3,(H,22,26). The van der Waals surface area contributed by atoms with Gasteiger partial charge in [-0.15, -0.1) is 10.2 Å². The first-order valence-corrected chi connectivity index (χ1v) is 9.74. The molecule has 1 aromatic heterocycles. The molecule has 0 spiro atoms. The van der Waals surface area contributed by atoms with Crippen LogP contribution in [-0.4, -0.2) is 26.4 Å². The Morgan fingerprint density at radius 3 is 2.71 bits per heavy atom. The van der Waals surface area contributed by atoms with E-state index >= 15 is 0 Å². The van der Waals surface area contributed by atoms with Gasteiger partial charge in [0.25, 0.3) is 0 Å². The number of carbonyl (C=O) groups is 1. The molecule has 1 heterocycles. The monoisotopic (exact) mass is 420 g/mol. The number of hydrogen-bond donors (Lipinski definition) is 1. The summed E-state index contributed by atoms with van der Waals surface area (Å²) in [5, 5.41) is 11.4. The first kappa shape index (κ1) is 20.2. The van der Waals surface area contributed by atoms with Crippen molar-refractivity contribution in [3.05, 3.63) is 64.7 Å². The Hall–Kier alpha value is -2.58. The van der Waals surface area contributed by atoms with Crippen molar-refractivity contribution < 1.29 is 13.9 Å². The van der Waals surface area contributed by atoms with Gasteiger partial charge < -0.3 is 14.6 Å². The molecule has 2 aromatic carbocycles. The fourth-order valence-corrected chi connectivity index (χ4v) is 3.19. The predicted molar refractivity (Wildman–Crippen MR) is 107 cm³/mol. The third-order valence-electron chi connectivity index (χ3n) is 3.85. The van der Waals surface area contributed by atoms with Crippen LogP contribution in [0.2, 0.25) is 5.02 Å². The zero-order valence-corrected chi connectivity index (χ0v) is 16.9. The Bertz CT molecular complexity index is 979. The van der Waals surface area contributed by atoms with Crippen molar-refractivity contribution in [2.45, 2.75) is 18.7 Å². The molecule has 3 rings (SSSR count). The Kier molecular flexibility index (Phi) is 6.53. The maximum absolute atomic E-state index is 13.2. The highest BCUT2D eigenvalue weighted by Crippen LogP contribution is 2.21. The number of rotatable bonds is 7. The maximum Gasteiger partial charge on any atom is 0.234 e. The molecule has 0 radical (unpaired) electrons. The van der Waals surface area contributed by atoms with E-state index in [0.717, 1.165) is 11.3 Å². The number of hydrogen-bond acceptors (Lipinski definition) is 5. The van der Waals surface area contributed by atoms with Crippen LogP contribution in [-0.2, 0) is 18.4 Å². The second kappa shape index (κ2) is 9.07. The van der Waals surface area contributed by atoms with Crippen molar-refractivity contribution in [2.24, 2.45) is 7.05 Å². The minimum Gasteiger partial charge on any atom is -0.486 e. The van der Waals surface area contributed by atoms with E-state index in [4.69, 9.17) is 16.3 Å². The third kappa shape index (κ3) is 5.24. The molecule has 0 unspecified atom stereocenters. The summed E-state index contributed by atoms with van der Waals surface area (Å²) in [6.45, 7) is 2.28. The van der Waals surface area contributed by atoms with E-state index in [2.05, 4.69) is 15.5 Å². The van der Waals surface area contributed by atoms with Crippen LogP contribution in [0, 0.1) is 12.7 Å². The van der Waals surface area contributed by atoms with Gasteiger partial charge >= 0.3 is 0 Å². The van der Waals surface area contributed by atoms with Crippen molar-refractivity contribution in [3.8, 4) is 5.75 Å². The summed E-state index contributed by atoms with van der Waals surface area (Å²) in [5.74, 6) is 0.732. The highest BCUT2D eigenvalue weighted by Gasteiger charge is 2.12. The lowest BCUT2D eigenvalue weighted by Gasteiger charge is -2.07. The van der Waals surface area contributed by atoms with Crippen LogP contribution in [0.1, 0.15) is 11.4 Å². The number of ether oxygens (including phenoxy) is 1. The zero-order chi connectivity index (χ0) is 20.1. The van der Waals surface area contributed by atoms with E-state index in [-0.39, 0.29) is 23.3 Å². The Morgan fingerprint density at radius 2 is 2.00 bits per heavy atom. The summed E-state index contributed by atoms with van der Waals surface area (Å²) in [5.41, 5.74) is 1.59. The number of halogens is 2. The van der Waals surface area contributed by atoms with Crippen LogP contribution < -0.4 is 10.1 Å². The van der Waals surface area contributed by atoms with E-state index in [0.29, 0.717) is 16.7 Å². The van der Waals surface area contributed by atoms with Crippen LogP contribution in [0.3, 0.4) is 0 Å². The fourth-order valence-electron chi connectivity index (χ4n) is 2.28. The van der Waals surface area contributed by atoms with Crippen molar-refractivity contribution >= 4 is 35.0 Å². The van der Waals surface area contributed by atoms with E-state index in [1.807, 2.05) is 38.2 Å². The molecular formula is C19H18ClFN4O2S. The first-order valence-electron chi connectivity index (χ1n) is 8.38. The summed E-state index contributed by atoms with van der Waals surface area (Å²) in [6, 6.07) is 11.8. The average Bonchev–Trinajstić information content (AvgIpc) is 3.02. The summed E-state index contributed by atoms with van der Waals surface area (Å²) in [6.07, 6.45) is 0. The van der Waals surface area contributed by atoms with Gasteiger partial charge in [-0.3, -0.25) is 4.79 Å². The lowest BCUT2D eigenvalue weighted by atomic mass is 10.2. The number of benzene rings is 2. The molecule has 0 aliphatic heterocycles. The summed E-state index contributed by atoms with van der Waals surface area (Å²) in [7, 11) is 1.81. The zero-order valence-electron chi connectivity index (χ0n) is 15.3. The second-order valence-electron chi connectivity index (χ2n) is 6.03. The Morgan fingerprint density at radius 1 is 1.25 bits per heavy atom. The molecule has 9 heteroatoms. The SMILES string of the molecule is Cc1ccc(OCc2nnc(SCC(=O)Nc3ccc(F)c(Cl)c3)n2C)cc1. The largest absolute Gasteiger partial charge is 0.486 e. The van der Waals surface area contributed by atoms with Gasteiger partial charge in [0.2, 0.25) is 5.91 Å². The molecule has 0 saturated carbocycles. The van der Waals surface area contributed by atoms with Crippen molar-refractivity contribution in [2.75, 3.05) is 11.1 Å². The minimum atomic E-state index is -0.534. The second-order valence-corrected chi connectivity index (χ2v) is 7.37. The molecular weight excluding hydrogens is 403 g/mol. The lowest BCUT2D eigenvalue weighted by Crippen LogP contribution is -2.14. The summed E-state index contributed by atoms with van der Waals surface area (Å²) in [4.78, 5) is 12.1. The molecule has 1 N–H and O–H groups in total. The predicted octanol–water partition coefficient (Wildman–Crippen LogP) is 4.23. The van der Waals surface area contributed by atoms with Crippen molar-refractivity contribution in [1.29, 1.82) is 0 Å². The van der Waals surface area contributed by atoms with Gasteiger partial charge in [-0.2, -0.15) is 0 Å². The number of nitrogens with one attached hydrogen (secondary N) is 1. The molecule has 28 heavy (non-hydrogen) atoms. The number of aryl methyl sites for hydroxylation is 1. The topological polar surface area (TPSA) is 69.0 Å². The maximum atomic E-state index is 13.2. The smallest absolute Gasteiger partial charge is 0.234 e. The number of thioether (sulfide) groups is 1. The van der Waals surface area contributed by atoms with Gasteiger partial charge in [-0.25, -0.2) is 4.39 Å². The molecule has 0 aliphatic rings. The third-order valence-corrected chi connectivity index (χ3v) is 5.16. The summed E-state index contributed by atoms with van der Waals surface area (Å²) < 4.78 is 20.7. The number of aromatic nitrogens is 3. The number of nitrogens with zero attached hydrogens (tertiary/aromatic N) is 3. The summed E-state index contributed by atoms with van der Waals surface area (Å²) >= 11 is 6.95. The Balaban J connectivity index is 1.52. The van der Waals surface area contributed by atoms with E-state index < -0.39 is 5.82 Å². The average molecular weight is 421 g/mol. The fraction of sp³-hybridized carbons (Fsp3) is 0.211. The molecule has 146 valence electrons. The van der Waals surface area contributed by atoms with E-state index in [1.54, 1.807) is 4.57 Å². The van der Waals surface area contributed by atoms with Gasteiger partial charge in [-0.1, -0.05) is 41.1 Å². The van der Waals surface area contributed by atoms with Crippen LogP contribution in [0.5, 0.6) is 5.75 Å². The normalized spacial score (nSPS) is 10.7. The molecule has 0 saturated heterocycles. The number of carbonyl (C=O) groups excluding carboxylic acids is 1. The van der Waals surface area contributed by atoms with Crippen LogP contribution >= 0.6 is 23.4 Å². The van der Waals surface area contributed by atoms with Gasteiger partial charge in [0.05, 0.1) is 10.8 Å². The van der Waals surface area contributed by atoms with Gasteiger partial charge in [-0.05, 0) is 37.3 Å². The van der Waals surface area contributed by atoms with Crippen molar-refractivity contribution in [1.82, 2.24) is 14.8 Å². The van der Waals surface area contributed by atoms with Gasteiger partial charge in [0, 0.05) is 12.7 Å². The molecule has 6 nitrogen and oxygen atoms in total. The van der Waals surface area contributed by atoms with Crippen LogP contribution in [0.15, 0.2) is 47.6 Å². The molecule has 1 amide bonds. The van der Waals surface area contributed by atoms with Crippen molar-refractivity contribution in [3.63, 3.8) is 0 Å². The van der Waals surface area contributed by atoms with Gasteiger partial charge in [0.15, 0.2) is 11.0 Å². The van der Waals surface area contributed by atoms with Crippen LogP contribution in [0.4, 0.5) is 10.1 Å². The number of anilines is 1. The van der Waals surface area contributed by atoms with Gasteiger partial charge in [0.1, 0.15) is 18.2 Å². The minimum absolute atomic E-state index is 0.0445. The quantitative estimate of drug-likeness (QED) is 0.579. The highest BCUT2D eigenvalue weighted by atomic mass is 35.5. The molecule has 3 aromatic rings. The Labute approximate surface area is 171 Å². The number of amides is 1. The molecule has 0 bridgehead atoms. The molecule has 0 atom stereocenters. The van der Waals surface area contributed by atoms with Crippen LogP contribution in [0.25, 0.3) is 0 Å². The first-order chi connectivity index (χ1) is 13.4. The molecule has 0 fully saturated rings. The molecule has 0 aliphatic carbocycles. The van der Waals surface area contributed by atoms with E-state index in [1.165, 1.54) is 30.0 Å². The highest BCUT2D eigenvalue weighted by molar-refractivity contribution is 7.99.